The van der Waals surface area contributed by atoms with Gasteiger partial charge >= 0.3 is 0 Å². The van der Waals surface area contributed by atoms with Gasteiger partial charge in [-0.15, -0.1) is 0 Å². The maximum Gasteiger partial charge on any atom is 0.148 e. The van der Waals surface area contributed by atoms with E-state index in [4.69, 9.17) is 0 Å². The number of ketones is 1. The molecule has 30 heavy (non-hydrogen) atoms. The number of likely N-dealkylation sites (tertiary alicyclic amines) is 1. The first kappa shape index (κ1) is 18.1. The van der Waals surface area contributed by atoms with E-state index in [0.29, 0.717) is 17.6 Å². The lowest BCUT2D eigenvalue weighted by Crippen LogP contribution is -2.50. The van der Waals surface area contributed by atoms with Crippen LogP contribution in [0.2, 0.25) is 0 Å². The second kappa shape index (κ2) is 6.65. The van der Waals surface area contributed by atoms with Crippen LogP contribution in [0.3, 0.4) is 0 Å². The number of rotatable bonds is 4. The summed E-state index contributed by atoms with van der Waals surface area (Å²) in [5.74, 6) is 1.29. The monoisotopic (exact) mass is 393 g/mol. The minimum Gasteiger partial charge on any atom is -0.298 e. The number of piperidine rings is 1. The van der Waals surface area contributed by atoms with Crippen LogP contribution in [0, 0.1) is 10.8 Å². The Morgan fingerprint density at radius 3 is 1.57 bits per heavy atom. The molecule has 3 fully saturated rings. The molecule has 3 aromatic rings. The molecule has 3 aromatic carbocycles. The fraction of sp³-hybridized carbons (Fsp3) is 0.321. The van der Waals surface area contributed by atoms with Crippen LogP contribution in [0.1, 0.15) is 41.4 Å². The van der Waals surface area contributed by atoms with Gasteiger partial charge in [-0.1, -0.05) is 91.0 Å². The third kappa shape index (κ3) is 2.78. The van der Waals surface area contributed by atoms with Crippen molar-refractivity contribution in [3.05, 3.63) is 108 Å². The van der Waals surface area contributed by atoms with Crippen molar-refractivity contribution in [3.63, 3.8) is 0 Å². The van der Waals surface area contributed by atoms with E-state index in [2.05, 4.69) is 95.9 Å². The first-order chi connectivity index (χ1) is 14.7. The van der Waals surface area contributed by atoms with E-state index in [0.717, 1.165) is 32.5 Å². The van der Waals surface area contributed by atoms with Crippen molar-refractivity contribution in [2.24, 2.45) is 10.8 Å². The minimum atomic E-state index is -0.197. The van der Waals surface area contributed by atoms with E-state index in [9.17, 15) is 4.79 Å². The van der Waals surface area contributed by atoms with Crippen LogP contribution in [0.25, 0.3) is 0 Å². The lowest BCUT2D eigenvalue weighted by molar-refractivity contribution is -0.135. The summed E-state index contributed by atoms with van der Waals surface area (Å²) in [6.45, 7) is 2.72. The topological polar surface area (TPSA) is 20.3 Å². The van der Waals surface area contributed by atoms with Gasteiger partial charge in [-0.25, -0.2) is 0 Å². The number of carbonyl (C=O) groups excluding carboxylic acids is 1. The first-order valence-electron chi connectivity index (χ1n) is 11.1. The first-order valence-corrected chi connectivity index (χ1v) is 11.1. The van der Waals surface area contributed by atoms with Crippen LogP contribution in [-0.4, -0.2) is 23.8 Å². The van der Waals surface area contributed by atoms with Crippen molar-refractivity contribution >= 4 is 5.78 Å². The van der Waals surface area contributed by atoms with E-state index < -0.39 is 0 Å². The predicted molar refractivity (Wildman–Crippen MR) is 119 cm³/mol. The molecule has 150 valence electrons. The number of benzene rings is 3. The maximum atomic E-state index is 14.0. The summed E-state index contributed by atoms with van der Waals surface area (Å²) in [6.07, 6.45) is 2.01. The Hall–Kier alpha value is -2.71. The van der Waals surface area contributed by atoms with Gasteiger partial charge < -0.3 is 0 Å². The molecular weight excluding hydrogens is 366 g/mol. The molecule has 2 spiro atoms. The van der Waals surface area contributed by atoms with E-state index in [-0.39, 0.29) is 10.8 Å². The predicted octanol–water partition coefficient (Wildman–Crippen LogP) is 5.42. The summed E-state index contributed by atoms with van der Waals surface area (Å²) in [7, 11) is 0. The summed E-state index contributed by atoms with van der Waals surface area (Å²) in [5, 5.41) is 0. The average molecular weight is 394 g/mol. The third-order valence-corrected chi connectivity index (χ3v) is 7.72. The highest BCUT2D eigenvalue weighted by molar-refractivity contribution is 5.99. The molecule has 2 saturated carbocycles. The molecule has 2 heteroatoms. The molecule has 3 aliphatic rings. The van der Waals surface area contributed by atoms with E-state index >= 15 is 0 Å². The molecule has 0 amide bonds. The van der Waals surface area contributed by atoms with Crippen molar-refractivity contribution in [1.29, 1.82) is 0 Å². The summed E-state index contributed by atoms with van der Waals surface area (Å²) >= 11 is 0. The number of nitrogens with zero attached hydrogens (tertiary/aromatic N) is 1. The third-order valence-electron chi connectivity index (χ3n) is 7.72. The van der Waals surface area contributed by atoms with Gasteiger partial charge in [0.2, 0.25) is 0 Å². The molecule has 4 atom stereocenters. The average Bonchev–Trinajstić information content (AvgIpc) is 3.70. The standard InChI is InChI=1S/C28H27NO/c30-26-27(16-24(27)22-12-6-2-7-13-22)19-29(18-21-10-4-1-5-11-21)20-28(26)17-25(28)23-14-8-3-9-15-23/h1-15,24-25H,16-20H2. The van der Waals surface area contributed by atoms with Crippen LogP contribution >= 0.6 is 0 Å². The summed E-state index contributed by atoms with van der Waals surface area (Å²) in [5.41, 5.74) is 3.61. The zero-order chi connectivity index (χ0) is 20.2. The minimum absolute atomic E-state index is 0.197. The van der Waals surface area contributed by atoms with Crippen LogP contribution < -0.4 is 0 Å². The molecule has 2 aliphatic carbocycles. The van der Waals surface area contributed by atoms with Crippen LogP contribution in [0.4, 0.5) is 0 Å². The highest BCUT2D eigenvalue weighted by Gasteiger charge is 2.74. The molecule has 4 unspecified atom stereocenters. The number of hydrogen-bond acceptors (Lipinski definition) is 2. The molecular formula is C28H27NO. The lowest BCUT2D eigenvalue weighted by Gasteiger charge is -2.39. The quantitative estimate of drug-likeness (QED) is 0.590. The smallest absolute Gasteiger partial charge is 0.148 e. The Balaban J connectivity index is 1.34. The molecule has 2 nitrogen and oxygen atoms in total. The van der Waals surface area contributed by atoms with Crippen molar-refractivity contribution in [1.82, 2.24) is 4.90 Å². The Morgan fingerprint density at radius 2 is 1.10 bits per heavy atom. The molecule has 1 heterocycles. The molecule has 6 rings (SSSR count). The highest BCUT2D eigenvalue weighted by Crippen LogP contribution is 2.72. The van der Waals surface area contributed by atoms with E-state index in [1.165, 1.54) is 16.7 Å². The Bertz CT molecular complexity index is 998. The molecule has 0 bridgehead atoms. The van der Waals surface area contributed by atoms with Crippen molar-refractivity contribution < 1.29 is 4.79 Å². The second-order valence-corrected chi connectivity index (χ2v) is 9.61. The summed E-state index contributed by atoms with van der Waals surface area (Å²) < 4.78 is 0. The Labute approximate surface area is 178 Å². The fourth-order valence-electron chi connectivity index (χ4n) is 6.15. The zero-order valence-corrected chi connectivity index (χ0v) is 17.2. The lowest BCUT2D eigenvalue weighted by atomic mass is 9.77. The normalized spacial score (nSPS) is 32.5. The molecule has 1 aliphatic heterocycles. The largest absolute Gasteiger partial charge is 0.298 e. The number of carbonyl (C=O) groups is 1. The van der Waals surface area contributed by atoms with Gasteiger partial charge in [0, 0.05) is 30.5 Å². The Kier molecular flexibility index (Phi) is 4.01. The molecule has 1 saturated heterocycles. The highest BCUT2D eigenvalue weighted by atomic mass is 16.1. The van der Waals surface area contributed by atoms with Crippen LogP contribution in [-0.2, 0) is 11.3 Å². The van der Waals surface area contributed by atoms with Crippen molar-refractivity contribution in [2.75, 3.05) is 13.1 Å². The second-order valence-electron chi connectivity index (χ2n) is 9.61. The van der Waals surface area contributed by atoms with Gasteiger partial charge in [-0.05, 0) is 41.4 Å². The van der Waals surface area contributed by atoms with Crippen molar-refractivity contribution in [3.8, 4) is 0 Å². The van der Waals surface area contributed by atoms with Crippen molar-refractivity contribution in [2.45, 2.75) is 31.2 Å². The number of hydrogen-bond donors (Lipinski definition) is 0. The zero-order valence-electron chi connectivity index (χ0n) is 17.2. The maximum absolute atomic E-state index is 14.0. The summed E-state index contributed by atoms with van der Waals surface area (Å²) in [6, 6.07) is 32.1. The molecule has 0 radical (unpaired) electrons. The van der Waals surface area contributed by atoms with Crippen LogP contribution in [0.15, 0.2) is 91.0 Å². The summed E-state index contributed by atoms with van der Waals surface area (Å²) in [4.78, 5) is 16.6. The fourth-order valence-corrected chi connectivity index (χ4v) is 6.15. The molecule has 0 N–H and O–H groups in total. The van der Waals surface area contributed by atoms with Gasteiger partial charge in [0.15, 0.2) is 0 Å². The Morgan fingerprint density at radius 1 is 0.667 bits per heavy atom. The van der Waals surface area contributed by atoms with Gasteiger partial charge in [-0.2, -0.15) is 0 Å². The van der Waals surface area contributed by atoms with E-state index in [1.807, 2.05) is 0 Å². The van der Waals surface area contributed by atoms with Crippen LogP contribution in [0.5, 0.6) is 0 Å². The van der Waals surface area contributed by atoms with E-state index in [1.54, 1.807) is 0 Å². The molecule has 0 aromatic heterocycles. The number of Topliss-reactive ketones (excluding diaryl/α,β-unsaturated/α-hetero) is 1. The van der Waals surface area contributed by atoms with Gasteiger partial charge in [-0.3, -0.25) is 9.69 Å². The van der Waals surface area contributed by atoms with Gasteiger partial charge in [0.1, 0.15) is 5.78 Å². The van der Waals surface area contributed by atoms with Gasteiger partial charge in [0.05, 0.1) is 0 Å². The van der Waals surface area contributed by atoms with Gasteiger partial charge in [0.25, 0.3) is 0 Å². The SMILES string of the molecule is O=C1C2(CC2c2ccccc2)CN(Cc2ccccc2)CC12CC2c1ccccc1.